The zero-order chi connectivity index (χ0) is 15.8. The van der Waals surface area contributed by atoms with Gasteiger partial charge >= 0.3 is 5.69 Å². The van der Waals surface area contributed by atoms with E-state index in [1.807, 2.05) is 6.92 Å². The number of hydrogen-bond donors (Lipinski definition) is 1. The summed E-state index contributed by atoms with van der Waals surface area (Å²) in [5, 5.41) is 14.2. The molecule has 1 heterocycles. The van der Waals surface area contributed by atoms with Gasteiger partial charge in [-0.1, -0.05) is 6.07 Å². The van der Waals surface area contributed by atoms with Crippen LogP contribution < -0.4 is 10.1 Å². The van der Waals surface area contributed by atoms with E-state index >= 15 is 0 Å². The van der Waals surface area contributed by atoms with Gasteiger partial charge in [0.2, 0.25) is 0 Å². The number of nitrogens with one attached hydrogen (secondary N) is 1. The van der Waals surface area contributed by atoms with Crippen molar-refractivity contribution in [2.45, 2.75) is 6.92 Å². The molecule has 0 spiro atoms. The highest BCUT2D eigenvalue weighted by molar-refractivity contribution is 5.48. The summed E-state index contributed by atoms with van der Waals surface area (Å²) in [6.45, 7) is 8.38. The van der Waals surface area contributed by atoms with Crippen LogP contribution in [0.25, 0.3) is 0 Å². The lowest BCUT2D eigenvalue weighted by Crippen LogP contribution is -2.40. The van der Waals surface area contributed by atoms with E-state index in [4.69, 9.17) is 9.47 Å². The standard InChI is InChI=1S/C15H23N3O4/c1-13-2-3-14(18(19)20)15(12-13)22-9-5-16-4-6-17-7-10-21-11-8-17/h2-3,12,16H,4-11H2,1H3. The Bertz CT molecular complexity index is 490. The average Bonchev–Trinajstić information content (AvgIpc) is 2.51. The van der Waals surface area contributed by atoms with Gasteiger partial charge in [0.05, 0.1) is 18.1 Å². The predicted molar refractivity (Wildman–Crippen MR) is 83.5 cm³/mol. The second kappa shape index (κ2) is 8.67. The van der Waals surface area contributed by atoms with Crippen LogP contribution in [0.4, 0.5) is 5.69 Å². The number of nitro benzene ring substituents is 1. The minimum atomic E-state index is -0.416. The molecule has 0 radical (unpaired) electrons. The van der Waals surface area contributed by atoms with Crippen molar-refractivity contribution in [2.75, 3.05) is 52.5 Å². The summed E-state index contributed by atoms with van der Waals surface area (Å²) in [4.78, 5) is 12.9. The van der Waals surface area contributed by atoms with Gasteiger partial charge in [-0.15, -0.1) is 0 Å². The summed E-state index contributed by atoms with van der Waals surface area (Å²) in [5.74, 6) is 0.333. The summed E-state index contributed by atoms with van der Waals surface area (Å²) < 4.78 is 10.8. The lowest BCUT2D eigenvalue weighted by molar-refractivity contribution is -0.385. The van der Waals surface area contributed by atoms with Gasteiger partial charge in [-0.2, -0.15) is 0 Å². The van der Waals surface area contributed by atoms with E-state index in [0.29, 0.717) is 18.9 Å². The van der Waals surface area contributed by atoms with Gasteiger partial charge in [0.15, 0.2) is 5.75 Å². The van der Waals surface area contributed by atoms with Gasteiger partial charge in [-0.3, -0.25) is 15.0 Å². The van der Waals surface area contributed by atoms with E-state index < -0.39 is 4.92 Å². The summed E-state index contributed by atoms with van der Waals surface area (Å²) in [5.41, 5.74) is 0.958. The SMILES string of the molecule is Cc1ccc([N+](=O)[O-])c(OCCNCCN2CCOCC2)c1. The van der Waals surface area contributed by atoms with Crippen molar-refractivity contribution in [3.63, 3.8) is 0 Å². The molecule has 0 aliphatic carbocycles. The Kier molecular flexibility index (Phi) is 6.57. The van der Waals surface area contributed by atoms with Crippen molar-refractivity contribution in [3.05, 3.63) is 33.9 Å². The highest BCUT2D eigenvalue weighted by Crippen LogP contribution is 2.27. The number of benzene rings is 1. The van der Waals surface area contributed by atoms with Crippen LogP contribution in [0.15, 0.2) is 18.2 Å². The fourth-order valence-corrected chi connectivity index (χ4v) is 2.31. The third kappa shape index (κ3) is 5.25. The second-order valence-corrected chi connectivity index (χ2v) is 5.28. The smallest absolute Gasteiger partial charge is 0.310 e. The van der Waals surface area contributed by atoms with E-state index in [1.54, 1.807) is 12.1 Å². The molecule has 7 heteroatoms. The minimum Gasteiger partial charge on any atom is -0.485 e. The Balaban J connectivity index is 1.66. The molecular weight excluding hydrogens is 286 g/mol. The first-order chi connectivity index (χ1) is 10.7. The molecule has 0 atom stereocenters. The van der Waals surface area contributed by atoms with Crippen LogP contribution in [0.3, 0.4) is 0 Å². The maximum Gasteiger partial charge on any atom is 0.310 e. The quantitative estimate of drug-likeness (QED) is 0.442. The Hall–Kier alpha value is -1.70. The summed E-state index contributed by atoms with van der Waals surface area (Å²) >= 11 is 0. The molecule has 2 rings (SSSR count). The fraction of sp³-hybridized carbons (Fsp3) is 0.600. The lowest BCUT2D eigenvalue weighted by atomic mass is 10.2. The van der Waals surface area contributed by atoms with E-state index in [0.717, 1.165) is 45.0 Å². The molecule has 0 bridgehead atoms. The second-order valence-electron chi connectivity index (χ2n) is 5.28. The Morgan fingerprint density at radius 2 is 2.14 bits per heavy atom. The first-order valence-electron chi connectivity index (χ1n) is 7.55. The van der Waals surface area contributed by atoms with Gasteiger partial charge < -0.3 is 14.8 Å². The summed E-state index contributed by atoms with van der Waals surface area (Å²) in [6, 6.07) is 4.90. The van der Waals surface area contributed by atoms with Crippen LogP contribution in [0.2, 0.25) is 0 Å². The molecule has 7 nitrogen and oxygen atoms in total. The van der Waals surface area contributed by atoms with E-state index in [-0.39, 0.29) is 5.69 Å². The first-order valence-corrected chi connectivity index (χ1v) is 7.55. The number of aryl methyl sites for hydroxylation is 1. The van der Waals surface area contributed by atoms with Gasteiger partial charge in [-0.05, 0) is 18.6 Å². The highest BCUT2D eigenvalue weighted by Gasteiger charge is 2.14. The number of ether oxygens (including phenoxy) is 2. The average molecular weight is 309 g/mol. The topological polar surface area (TPSA) is 76.9 Å². The number of nitrogens with zero attached hydrogens (tertiary/aromatic N) is 2. The van der Waals surface area contributed by atoms with Crippen molar-refractivity contribution >= 4 is 5.69 Å². The van der Waals surface area contributed by atoms with Crippen molar-refractivity contribution in [3.8, 4) is 5.75 Å². The van der Waals surface area contributed by atoms with Crippen molar-refractivity contribution in [2.24, 2.45) is 0 Å². The van der Waals surface area contributed by atoms with Crippen LogP contribution in [0.1, 0.15) is 5.56 Å². The van der Waals surface area contributed by atoms with Crippen LogP contribution in [0.5, 0.6) is 5.75 Å². The largest absolute Gasteiger partial charge is 0.485 e. The molecule has 1 aliphatic rings. The third-order valence-electron chi connectivity index (χ3n) is 3.56. The molecule has 122 valence electrons. The molecule has 1 aromatic rings. The summed E-state index contributed by atoms with van der Waals surface area (Å²) in [7, 11) is 0. The molecule has 0 aromatic heterocycles. The molecule has 0 saturated carbocycles. The lowest BCUT2D eigenvalue weighted by Gasteiger charge is -2.26. The normalized spacial score (nSPS) is 15.7. The monoisotopic (exact) mass is 309 g/mol. The molecule has 1 aromatic carbocycles. The Labute approximate surface area is 130 Å². The number of rotatable bonds is 8. The van der Waals surface area contributed by atoms with Gasteiger partial charge in [0.25, 0.3) is 0 Å². The summed E-state index contributed by atoms with van der Waals surface area (Å²) in [6.07, 6.45) is 0. The van der Waals surface area contributed by atoms with E-state index in [9.17, 15) is 10.1 Å². The Morgan fingerprint density at radius 3 is 2.86 bits per heavy atom. The highest BCUT2D eigenvalue weighted by atomic mass is 16.6. The number of morpholine rings is 1. The molecule has 1 aliphatic heterocycles. The zero-order valence-corrected chi connectivity index (χ0v) is 12.9. The van der Waals surface area contributed by atoms with Gasteiger partial charge in [0.1, 0.15) is 6.61 Å². The zero-order valence-electron chi connectivity index (χ0n) is 12.9. The van der Waals surface area contributed by atoms with E-state index in [1.165, 1.54) is 6.07 Å². The molecule has 22 heavy (non-hydrogen) atoms. The van der Waals surface area contributed by atoms with Crippen LogP contribution in [0, 0.1) is 17.0 Å². The molecule has 1 N–H and O–H groups in total. The molecule has 1 saturated heterocycles. The third-order valence-corrected chi connectivity index (χ3v) is 3.56. The fourth-order valence-electron chi connectivity index (χ4n) is 2.31. The van der Waals surface area contributed by atoms with E-state index in [2.05, 4.69) is 10.2 Å². The first kappa shape index (κ1) is 16.7. The Morgan fingerprint density at radius 1 is 1.36 bits per heavy atom. The molecule has 0 unspecified atom stereocenters. The minimum absolute atomic E-state index is 0.0129. The van der Waals surface area contributed by atoms with Gasteiger partial charge in [-0.25, -0.2) is 0 Å². The molecule has 0 amide bonds. The maximum atomic E-state index is 10.9. The predicted octanol–water partition coefficient (Wildman–Crippen LogP) is 1.20. The van der Waals surface area contributed by atoms with Crippen molar-refractivity contribution in [1.29, 1.82) is 0 Å². The van der Waals surface area contributed by atoms with Crippen molar-refractivity contribution in [1.82, 2.24) is 10.2 Å². The van der Waals surface area contributed by atoms with Crippen LogP contribution in [-0.2, 0) is 4.74 Å². The van der Waals surface area contributed by atoms with Crippen molar-refractivity contribution < 1.29 is 14.4 Å². The van der Waals surface area contributed by atoms with Gasteiger partial charge in [0, 0.05) is 38.8 Å². The van der Waals surface area contributed by atoms with Crippen LogP contribution >= 0.6 is 0 Å². The molecular formula is C15H23N3O4. The molecule has 1 fully saturated rings. The number of hydrogen-bond acceptors (Lipinski definition) is 6. The maximum absolute atomic E-state index is 10.9. The van der Waals surface area contributed by atoms with Crippen LogP contribution in [-0.4, -0.2) is 62.4 Å². The number of nitro groups is 1.